The summed E-state index contributed by atoms with van der Waals surface area (Å²) in [4.78, 5) is 33.9. The quantitative estimate of drug-likeness (QED) is 0.492. The number of rotatable bonds is 6. The Hall–Kier alpha value is -4.51. The third-order valence-corrected chi connectivity index (χ3v) is 5.06. The van der Waals surface area contributed by atoms with Crippen molar-refractivity contribution in [3.8, 4) is 6.07 Å². The summed E-state index contributed by atoms with van der Waals surface area (Å²) in [6.07, 6.45) is 1.61. The Labute approximate surface area is 184 Å². The average molecular weight is 424 g/mol. The van der Waals surface area contributed by atoms with E-state index in [1.165, 1.54) is 4.57 Å². The van der Waals surface area contributed by atoms with Gasteiger partial charge in [0.25, 0.3) is 11.5 Å². The van der Waals surface area contributed by atoms with Crippen molar-refractivity contribution in [1.29, 1.82) is 5.26 Å². The van der Waals surface area contributed by atoms with E-state index in [2.05, 4.69) is 26.7 Å². The van der Waals surface area contributed by atoms with E-state index in [9.17, 15) is 14.9 Å². The van der Waals surface area contributed by atoms with Gasteiger partial charge in [0, 0.05) is 25.4 Å². The van der Waals surface area contributed by atoms with E-state index in [0.29, 0.717) is 40.2 Å². The summed E-state index contributed by atoms with van der Waals surface area (Å²) in [7, 11) is 1.64. The first-order valence-electron chi connectivity index (χ1n) is 9.97. The first-order valence-corrected chi connectivity index (χ1v) is 9.97. The standard InChI is InChI=1S/C24H20N6O2/c1-30-21(29-20-10-3-2-9-19(20)24(30)32)15-28-23(31)17-7-4-6-16(12-17)14-27-22-18(13-25)8-5-11-26-22/h2-12H,14-15H2,1H3,(H,26,27)(H,28,31). The third-order valence-electron chi connectivity index (χ3n) is 5.06. The van der Waals surface area contributed by atoms with Crippen molar-refractivity contribution >= 4 is 22.6 Å². The van der Waals surface area contributed by atoms with Crippen LogP contribution in [0.1, 0.15) is 27.3 Å². The molecule has 8 heteroatoms. The number of pyridine rings is 1. The molecule has 0 bridgehead atoms. The minimum Gasteiger partial charge on any atom is -0.365 e. The van der Waals surface area contributed by atoms with E-state index in [4.69, 9.17) is 0 Å². The molecule has 8 nitrogen and oxygen atoms in total. The van der Waals surface area contributed by atoms with Crippen LogP contribution in [0.3, 0.4) is 0 Å². The molecule has 2 heterocycles. The van der Waals surface area contributed by atoms with E-state index < -0.39 is 0 Å². The van der Waals surface area contributed by atoms with E-state index >= 15 is 0 Å². The maximum absolute atomic E-state index is 12.7. The molecule has 1 amide bonds. The normalized spacial score (nSPS) is 10.5. The van der Waals surface area contributed by atoms with Gasteiger partial charge in [-0.3, -0.25) is 14.2 Å². The van der Waals surface area contributed by atoms with Crippen molar-refractivity contribution in [3.63, 3.8) is 0 Å². The molecule has 0 aliphatic heterocycles. The van der Waals surface area contributed by atoms with Gasteiger partial charge in [-0.25, -0.2) is 9.97 Å². The number of carbonyl (C=O) groups is 1. The lowest BCUT2D eigenvalue weighted by atomic mass is 10.1. The molecule has 0 atom stereocenters. The van der Waals surface area contributed by atoms with Crippen LogP contribution in [-0.2, 0) is 20.1 Å². The number of aromatic nitrogens is 3. The summed E-state index contributed by atoms with van der Waals surface area (Å²) >= 11 is 0. The molecule has 0 fully saturated rings. The number of nitrogens with one attached hydrogen (secondary N) is 2. The zero-order valence-corrected chi connectivity index (χ0v) is 17.4. The zero-order valence-electron chi connectivity index (χ0n) is 17.4. The number of carbonyl (C=O) groups excluding carboxylic acids is 1. The largest absolute Gasteiger partial charge is 0.365 e. The Kier molecular flexibility index (Phi) is 5.90. The molecule has 0 aliphatic carbocycles. The molecule has 0 unspecified atom stereocenters. The molecule has 0 aliphatic rings. The van der Waals surface area contributed by atoms with Crippen LogP contribution in [0.4, 0.5) is 5.82 Å². The Balaban J connectivity index is 1.46. The van der Waals surface area contributed by atoms with Crippen LogP contribution < -0.4 is 16.2 Å². The second kappa shape index (κ2) is 9.10. The average Bonchev–Trinajstić information content (AvgIpc) is 2.84. The summed E-state index contributed by atoms with van der Waals surface area (Å²) < 4.78 is 1.45. The molecule has 32 heavy (non-hydrogen) atoms. The van der Waals surface area contributed by atoms with Crippen LogP contribution in [0.15, 0.2) is 71.7 Å². The number of amides is 1. The summed E-state index contributed by atoms with van der Waals surface area (Å²) in [6, 6.07) is 19.8. The number of benzene rings is 2. The predicted octanol–water partition coefficient (Wildman–Crippen LogP) is 2.74. The number of nitrogens with zero attached hydrogens (tertiary/aromatic N) is 4. The number of para-hydroxylation sites is 1. The molecule has 158 valence electrons. The summed E-state index contributed by atoms with van der Waals surface area (Å²) in [5, 5.41) is 15.7. The fraction of sp³-hybridized carbons (Fsp3) is 0.125. The second-order valence-corrected chi connectivity index (χ2v) is 7.16. The molecule has 4 aromatic rings. The van der Waals surface area contributed by atoms with Gasteiger partial charge in [-0.05, 0) is 42.0 Å². The van der Waals surface area contributed by atoms with E-state index in [1.807, 2.05) is 12.1 Å². The lowest BCUT2D eigenvalue weighted by Crippen LogP contribution is -2.29. The van der Waals surface area contributed by atoms with E-state index in [0.717, 1.165) is 5.56 Å². The number of nitriles is 1. The first kappa shape index (κ1) is 20.8. The van der Waals surface area contributed by atoms with Crippen LogP contribution in [0.25, 0.3) is 10.9 Å². The van der Waals surface area contributed by atoms with Gasteiger partial charge < -0.3 is 10.6 Å². The fourth-order valence-corrected chi connectivity index (χ4v) is 3.33. The molecule has 2 N–H and O–H groups in total. The van der Waals surface area contributed by atoms with Gasteiger partial charge in [-0.1, -0.05) is 24.3 Å². The second-order valence-electron chi connectivity index (χ2n) is 7.16. The number of anilines is 1. The summed E-state index contributed by atoms with van der Waals surface area (Å²) in [5.41, 5.74) is 2.24. The maximum Gasteiger partial charge on any atom is 0.261 e. The molecular weight excluding hydrogens is 404 g/mol. The summed E-state index contributed by atoms with van der Waals surface area (Å²) in [6.45, 7) is 0.533. The highest BCUT2D eigenvalue weighted by molar-refractivity contribution is 5.94. The minimum absolute atomic E-state index is 0.122. The van der Waals surface area contributed by atoms with Gasteiger partial charge >= 0.3 is 0 Å². The van der Waals surface area contributed by atoms with Crippen LogP contribution in [0.2, 0.25) is 0 Å². The predicted molar refractivity (Wildman–Crippen MR) is 121 cm³/mol. The van der Waals surface area contributed by atoms with Gasteiger partial charge in [0.1, 0.15) is 17.7 Å². The Bertz CT molecular complexity index is 1400. The minimum atomic E-state index is -0.273. The fourth-order valence-electron chi connectivity index (χ4n) is 3.33. The first-order chi connectivity index (χ1) is 15.6. The lowest BCUT2D eigenvalue weighted by Gasteiger charge is -2.11. The van der Waals surface area contributed by atoms with Crippen LogP contribution in [0, 0.1) is 11.3 Å². The molecule has 0 spiro atoms. The van der Waals surface area contributed by atoms with Gasteiger partial charge in [0.05, 0.1) is 23.0 Å². The third kappa shape index (κ3) is 4.32. The lowest BCUT2D eigenvalue weighted by molar-refractivity contribution is 0.0949. The molecule has 0 saturated heterocycles. The maximum atomic E-state index is 12.7. The molecule has 0 radical (unpaired) electrons. The highest BCUT2D eigenvalue weighted by atomic mass is 16.1. The van der Waals surface area contributed by atoms with Gasteiger partial charge in [0.2, 0.25) is 0 Å². The van der Waals surface area contributed by atoms with Crippen molar-refractivity contribution < 1.29 is 4.79 Å². The van der Waals surface area contributed by atoms with Crippen LogP contribution in [-0.4, -0.2) is 20.4 Å². The van der Waals surface area contributed by atoms with Crippen molar-refractivity contribution in [2.24, 2.45) is 7.05 Å². The number of hydrogen-bond donors (Lipinski definition) is 2. The monoisotopic (exact) mass is 424 g/mol. The molecule has 2 aromatic carbocycles. The van der Waals surface area contributed by atoms with Crippen LogP contribution >= 0.6 is 0 Å². The highest BCUT2D eigenvalue weighted by Crippen LogP contribution is 2.13. The molecule has 4 rings (SSSR count). The topological polar surface area (TPSA) is 113 Å². The van der Waals surface area contributed by atoms with Crippen molar-refractivity contribution in [3.05, 3.63) is 99.7 Å². The summed E-state index contributed by atoms with van der Waals surface area (Å²) in [5.74, 6) is 0.692. The molecular formula is C24H20N6O2. The molecule has 2 aromatic heterocycles. The van der Waals surface area contributed by atoms with Crippen molar-refractivity contribution in [2.75, 3.05) is 5.32 Å². The van der Waals surface area contributed by atoms with Crippen LogP contribution in [0.5, 0.6) is 0 Å². The molecule has 0 saturated carbocycles. The van der Waals surface area contributed by atoms with Crippen molar-refractivity contribution in [1.82, 2.24) is 19.9 Å². The van der Waals surface area contributed by atoms with Crippen molar-refractivity contribution in [2.45, 2.75) is 13.1 Å². The van der Waals surface area contributed by atoms with Gasteiger partial charge in [-0.15, -0.1) is 0 Å². The number of hydrogen-bond acceptors (Lipinski definition) is 6. The Morgan fingerprint density at radius 1 is 1.09 bits per heavy atom. The van der Waals surface area contributed by atoms with Gasteiger partial charge in [0.15, 0.2) is 0 Å². The smallest absolute Gasteiger partial charge is 0.261 e. The highest BCUT2D eigenvalue weighted by Gasteiger charge is 2.11. The zero-order chi connectivity index (χ0) is 22.5. The Morgan fingerprint density at radius 2 is 1.94 bits per heavy atom. The number of fused-ring (bicyclic) bond motifs is 1. The Morgan fingerprint density at radius 3 is 2.78 bits per heavy atom. The van der Waals surface area contributed by atoms with E-state index in [1.54, 1.807) is 61.8 Å². The van der Waals surface area contributed by atoms with Gasteiger partial charge in [-0.2, -0.15) is 5.26 Å². The van der Waals surface area contributed by atoms with E-state index in [-0.39, 0.29) is 18.0 Å². The SMILES string of the molecule is Cn1c(CNC(=O)c2cccc(CNc3ncccc3C#N)c2)nc2ccccc2c1=O.